The van der Waals surface area contributed by atoms with Gasteiger partial charge in [0.2, 0.25) is 5.91 Å². The van der Waals surface area contributed by atoms with Crippen LogP contribution in [0.4, 0.5) is 11.4 Å². The molecule has 7 nitrogen and oxygen atoms in total. The van der Waals surface area contributed by atoms with Crippen LogP contribution in [0.5, 0.6) is 5.75 Å². The van der Waals surface area contributed by atoms with Crippen molar-refractivity contribution >= 4 is 51.0 Å². The van der Waals surface area contributed by atoms with Gasteiger partial charge in [0.25, 0.3) is 11.8 Å². The van der Waals surface area contributed by atoms with E-state index >= 15 is 0 Å². The number of hydrogen-bond acceptors (Lipinski definition) is 5. The first-order valence-electron chi connectivity index (χ1n) is 12.6. The molecule has 0 aromatic heterocycles. The minimum atomic E-state index is -0.591. The lowest BCUT2D eigenvalue weighted by Gasteiger charge is -2.23. The zero-order valence-corrected chi connectivity index (χ0v) is 23.0. The Bertz CT molecular complexity index is 1480. The molecular formula is C30H27BrN2O5. The highest BCUT2D eigenvalue weighted by atomic mass is 79.9. The number of amides is 3. The molecule has 3 aromatic carbocycles. The summed E-state index contributed by atoms with van der Waals surface area (Å²) in [5.41, 5.74) is 4.79. The molecule has 0 aliphatic carbocycles. The Morgan fingerprint density at radius 3 is 2.29 bits per heavy atom. The first kappa shape index (κ1) is 25.9. The number of ether oxygens (including phenoxy) is 1. The molecule has 2 heterocycles. The molecule has 1 atom stereocenters. The number of para-hydroxylation sites is 1. The van der Waals surface area contributed by atoms with E-state index in [9.17, 15) is 19.2 Å². The Kier molecular flexibility index (Phi) is 6.92. The van der Waals surface area contributed by atoms with Gasteiger partial charge in [-0.05, 0) is 72.9 Å². The molecule has 0 radical (unpaired) electrons. The number of carbonyl (C=O) groups is 4. The van der Waals surface area contributed by atoms with Crippen LogP contribution in [0.2, 0.25) is 0 Å². The third-order valence-corrected chi connectivity index (χ3v) is 7.66. The molecule has 194 valence electrons. The average molecular weight is 575 g/mol. The standard InChI is InChI=1S/C30H27BrN2O5/c1-4-18-7-6-8-19(5-2)27(18)32-16-20(14-26(32)34)30(37)38-22-10-12-25(17(3)13-22)33-28(35)23-11-9-21(31)15-24(23)29(33)36/h6-13,15,20H,4-5,14,16H2,1-3H3/t20-/m1/s1. The van der Waals surface area contributed by atoms with Crippen molar-refractivity contribution in [3.63, 3.8) is 0 Å². The SMILES string of the molecule is CCc1cccc(CC)c1N1C[C@H](C(=O)Oc2ccc(N3C(=O)c4ccc(Br)cc4C3=O)c(C)c2)CC1=O. The first-order chi connectivity index (χ1) is 18.2. The third kappa shape index (κ3) is 4.43. The molecule has 1 saturated heterocycles. The highest BCUT2D eigenvalue weighted by Crippen LogP contribution is 2.35. The van der Waals surface area contributed by atoms with Gasteiger partial charge in [0.15, 0.2) is 0 Å². The molecule has 8 heteroatoms. The van der Waals surface area contributed by atoms with Crippen molar-refractivity contribution in [2.24, 2.45) is 5.92 Å². The average Bonchev–Trinajstić information content (AvgIpc) is 3.40. The summed E-state index contributed by atoms with van der Waals surface area (Å²) in [4.78, 5) is 54.8. The van der Waals surface area contributed by atoms with Crippen molar-refractivity contribution in [3.8, 4) is 5.75 Å². The van der Waals surface area contributed by atoms with Gasteiger partial charge in [-0.1, -0.05) is 48.0 Å². The van der Waals surface area contributed by atoms with Crippen molar-refractivity contribution in [1.29, 1.82) is 0 Å². The normalized spacial score (nSPS) is 16.8. The number of carbonyl (C=O) groups excluding carboxylic acids is 4. The van der Waals surface area contributed by atoms with E-state index in [2.05, 4.69) is 29.8 Å². The highest BCUT2D eigenvalue weighted by Gasteiger charge is 2.39. The maximum absolute atomic E-state index is 13.1. The summed E-state index contributed by atoms with van der Waals surface area (Å²) in [5, 5.41) is 0. The van der Waals surface area contributed by atoms with Gasteiger partial charge in [0, 0.05) is 23.1 Å². The molecule has 0 bridgehead atoms. The number of aryl methyl sites for hydroxylation is 3. The van der Waals surface area contributed by atoms with Crippen molar-refractivity contribution in [3.05, 3.63) is 86.9 Å². The second kappa shape index (κ2) is 10.2. The summed E-state index contributed by atoms with van der Waals surface area (Å²) in [6.07, 6.45) is 1.66. The zero-order chi connectivity index (χ0) is 27.1. The molecule has 38 heavy (non-hydrogen) atoms. The van der Waals surface area contributed by atoms with E-state index in [1.165, 1.54) is 0 Å². The molecule has 2 aliphatic heterocycles. The molecule has 0 N–H and O–H groups in total. The second-order valence-corrected chi connectivity index (χ2v) is 10.5. The zero-order valence-electron chi connectivity index (χ0n) is 21.4. The van der Waals surface area contributed by atoms with E-state index in [4.69, 9.17) is 4.74 Å². The summed E-state index contributed by atoms with van der Waals surface area (Å²) in [6.45, 7) is 6.12. The maximum Gasteiger partial charge on any atom is 0.316 e. The lowest BCUT2D eigenvalue weighted by atomic mass is 10.0. The largest absolute Gasteiger partial charge is 0.426 e. The van der Waals surface area contributed by atoms with Crippen molar-refractivity contribution in [2.75, 3.05) is 16.3 Å². The number of esters is 1. The number of imide groups is 1. The number of rotatable bonds is 6. The number of benzene rings is 3. The number of anilines is 2. The Morgan fingerprint density at radius 1 is 0.947 bits per heavy atom. The molecular weight excluding hydrogens is 548 g/mol. The van der Waals surface area contributed by atoms with Gasteiger partial charge in [-0.25, -0.2) is 4.90 Å². The van der Waals surface area contributed by atoms with Crippen LogP contribution in [0.15, 0.2) is 59.1 Å². The van der Waals surface area contributed by atoms with Gasteiger partial charge in [-0.2, -0.15) is 0 Å². The quantitative estimate of drug-likeness (QED) is 0.216. The Balaban J connectivity index is 1.32. The Morgan fingerprint density at radius 2 is 1.63 bits per heavy atom. The predicted molar refractivity (Wildman–Crippen MR) is 148 cm³/mol. The fourth-order valence-electron chi connectivity index (χ4n) is 5.22. The van der Waals surface area contributed by atoms with Crippen LogP contribution in [0, 0.1) is 12.8 Å². The highest BCUT2D eigenvalue weighted by molar-refractivity contribution is 9.10. The van der Waals surface area contributed by atoms with E-state index in [0.29, 0.717) is 32.6 Å². The number of nitrogens with zero attached hydrogens (tertiary/aromatic N) is 2. The summed E-state index contributed by atoms with van der Waals surface area (Å²) in [5.74, 6) is -1.66. The summed E-state index contributed by atoms with van der Waals surface area (Å²) < 4.78 is 6.38. The van der Waals surface area contributed by atoms with E-state index in [1.807, 2.05) is 18.2 Å². The molecule has 0 spiro atoms. The van der Waals surface area contributed by atoms with Crippen LogP contribution >= 0.6 is 15.9 Å². The van der Waals surface area contributed by atoms with Crippen LogP contribution in [-0.2, 0) is 22.4 Å². The minimum Gasteiger partial charge on any atom is -0.426 e. The fourth-order valence-corrected chi connectivity index (χ4v) is 5.58. The van der Waals surface area contributed by atoms with Crippen molar-refractivity contribution < 1.29 is 23.9 Å². The molecule has 3 amide bonds. The van der Waals surface area contributed by atoms with Crippen LogP contribution < -0.4 is 14.5 Å². The lowest BCUT2D eigenvalue weighted by molar-refractivity contribution is -0.139. The van der Waals surface area contributed by atoms with Gasteiger partial charge >= 0.3 is 5.97 Å². The van der Waals surface area contributed by atoms with E-state index in [1.54, 1.807) is 48.2 Å². The number of fused-ring (bicyclic) bond motifs is 1. The van der Waals surface area contributed by atoms with Gasteiger partial charge in [-0.15, -0.1) is 0 Å². The van der Waals surface area contributed by atoms with Crippen LogP contribution in [0.1, 0.15) is 57.7 Å². The topological polar surface area (TPSA) is 84.0 Å². The first-order valence-corrected chi connectivity index (χ1v) is 13.4. The van der Waals surface area contributed by atoms with Gasteiger partial charge in [-0.3, -0.25) is 19.2 Å². The van der Waals surface area contributed by atoms with Gasteiger partial charge in [0.1, 0.15) is 5.75 Å². The summed E-state index contributed by atoms with van der Waals surface area (Å²) >= 11 is 3.34. The fraction of sp³-hybridized carbons (Fsp3) is 0.267. The van der Waals surface area contributed by atoms with Gasteiger partial charge < -0.3 is 9.64 Å². The molecule has 2 aliphatic rings. The molecule has 0 saturated carbocycles. The Hall–Kier alpha value is -3.78. The predicted octanol–water partition coefficient (Wildman–Crippen LogP) is 5.64. The summed E-state index contributed by atoms with van der Waals surface area (Å²) in [7, 11) is 0. The van der Waals surface area contributed by atoms with Gasteiger partial charge in [0.05, 0.1) is 22.7 Å². The monoisotopic (exact) mass is 574 g/mol. The maximum atomic E-state index is 13.1. The molecule has 1 fully saturated rings. The third-order valence-electron chi connectivity index (χ3n) is 7.17. The smallest absolute Gasteiger partial charge is 0.316 e. The molecule has 3 aromatic rings. The van der Waals surface area contributed by atoms with Crippen LogP contribution in [0.3, 0.4) is 0 Å². The minimum absolute atomic E-state index is 0.0850. The van der Waals surface area contributed by atoms with Crippen LogP contribution in [-0.4, -0.2) is 30.2 Å². The lowest BCUT2D eigenvalue weighted by Crippen LogP contribution is -2.30. The Labute approximate surface area is 229 Å². The summed E-state index contributed by atoms with van der Waals surface area (Å²) in [6, 6.07) is 15.8. The molecule has 0 unspecified atom stereocenters. The number of halogens is 1. The van der Waals surface area contributed by atoms with E-state index in [0.717, 1.165) is 34.6 Å². The second-order valence-electron chi connectivity index (χ2n) is 9.54. The van der Waals surface area contributed by atoms with Crippen molar-refractivity contribution in [2.45, 2.75) is 40.0 Å². The van der Waals surface area contributed by atoms with Crippen molar-refractivity contribution in [1.82, 2.24) is 0 Å². The van der Waals surface area contributed by atoms with Crippen LogP contribution in [0.25, 0.3) is 0 Å². The van der Waals surface area contributed by atoms with E-state index in [-0.39, 0.29) is 18.9 Å². The number of hydrogen-bond donors (Lipinski definition) is 0. The van der Waals surface area contributed by atoms with E-state index < -0.39 is 23.7 Å². The molecule has 5 rings (SSSR count).